The molecule has 0 saturated heterocycles. The third kappa shape index (κ3) is 3.39. The van der Waals surface area contributed by atoms with E-state index in [1.807, 2.05) is 36.6 Å². The lowest BCUT2D eigenvalue weighted by atomic mass is 10.1. The Labute approximate surface area is 160 Å². The van der Waals surface area contributed by atoms with Crippen LogP contribution in [-0.4, -0.2) is 23.3 Å². The molecular weight excluding hydrogens is 364 g/mol. The summed E-state index contributed by atoms with van der Waals surface area (Å²) in [5.41, 5.74) is 3.12. The normalized spacial score (nSPS) is 15.5. The molecule has 0 bridgehead atoms. The minimum atomic E-state index is -0.455. The van der Waals surface area contributed by atoms with Gasteiger partial charge in [0.05, 0.1) is 5.52 Å². The first-order valence-corrected chi connectivity index (χ1v) is 10.9. The Morgan fingerprint density at radius 1 is 1.23 bits per heavy atom. The molecule has 2 heterocycles. The number of amides is 1. The average molecular weight is 383 g/mol. The van der Waals surface area contributed by atoms with Crippen molar-refractivity contribution in [1.29, 1.82) is 0 Å². The second kappa shape index (κ2) is 7.60. The van der Waals surface area contributed by atoms with Crippen LogP contribution in [0.2, 0.25) is 0 Å². The number of fused-ring (bicyclic) bond motifs is 2. The molecule has 0 spiro atoms. The third-order valence-electron chi connectivity index (χ3n) is 4.39. The highest BCUT2D eigenvalue weighted by atomic mass is 33.1. The van der Waals surface area contributed by atoms with Gasteiger partial charge in [0.15, 0.2) is 6.10 Å². The Hall–Kier alpha value is -2.18. The van der Waals surface area contributed by atoms with Crippen LogP contribution >= 0.6 is 21.6 Å². The van der Waals surface area contributed by atoms with Gasteiger partial charge in [0, 0.05) is 29.4 Å². The van der Waals surface area contributed by atoms with E-state index in [9.17, 15) is 4.79 Å². The maximum atomic E-state index is 12.5. The number of nitrogens with zero attached hydrogens (tertiary/aromatic N) is 1. The van der Waals surface area contributed by atoms with Crippen LogP contribution in [-0.2, 0) is 17.8 Å². The summed E-state index contributed by atoms with van der Waals surface area (Å²) in [6, 6.07) is 15.9. The van der Waals surface area contributed by atoms with Gasteiger partial charge in [-0.25, -0.2) is 0 Å². The highest BCUT2D eigenvalue weighted by Crippen LogP contribution is 2.34. The smallest absolute Gasteiger partial charge is 0.261 e. The zero-order valence-electron chi connectivity index (χ0n) is 14.3. The van der Waals surface area contributed by atoms with Crippen LogP contribution in [0.15, 0.2) is 59.6 Å². The number of rotatable bonds is 5. The van der Waals surface area contributed by atoms with Gasteiger partial charge in [0.1, 0.15) is 5.75 Å². The minimum absolute atomic E-state index is 0.0826. The summed E-state index contributed by atoms with van der Waals surface area (Å²) >= 11 is 0. The van der Waals surface area contributed by atoms with E-state index in [2.05, 4.69) is 28.5 Å². The topological polar surface area (TPSA) is 51.2 Å². The summed E-state index contributed by atoms with van der Waals surface area (Å²) in [4.78, 5) is 18.2. The van der Waals surface area contributed by atoms with Crippen LogP contribution in [0.4, 0.5) is 0 Å². The lowest BCUT2D eigenvalue weighted by Gasteiger charge is -2.13. The summed E-state index contributed by atoms with van der Waals surface area (Å²) in [7, 11) is 3.39. The number of pyridine rings is 1. The number of ether oxygens (including phenoxy) is 1. The molecule has 4 rings (SSSR count). The van der Waals surface area contributed by atoms with Gasteiger partial charge in [0.2, 0.25) is 0 Å². The summed E-state index contributed by atoms with van der Waals surface area (Å²) < 4.78 is 5.77. The van der Waals surface area contributed by atoms with E-state index in [1.54, 1.807) is 27.8 Å². The first kappa shape index (κ1) is 17.2. The Balaban J connectivity index is 1.49. The summed E-state index contributed by atoms with van der Waals surface area (Å²) in [5, 5.41) is 4.09. The number of carbonyl (C=O) groups excluding carboxylic acids is 1. The molecule has 3 aromatic rings. The lowest BCUT2D eigenvalue weighted by molar-refractivity contribution is -0.127. The van der Waals surface area contributed by atoms with Crippen LogP contribution < -0.4 is 10.1 Å². The molecule has 1 aliphatic heterocycles. The molecule has 1 aromatic heterocycles. The fraction of sp³-hybridized carbons (Fsp3) is 0.200. The van der Waals surface area contributed by atoms with E-state index in [0.717, 1.165) is 32.7 Å². The molecule has 1 atom stereocenters. The van der Waals surface area contributed by atoms with Crippen LogP contribution in [0.5, 0.6) is 5.75 Å². The largest absolute Gasteiger partial charge is 0.480 e. The zero-order chi connectivity index (χ0) is 17.9. The number of aromatic nitrogens is 1. The summed E-state index contributed by atoms with van der Waals surface area (Å²) in [6.45, 7) is 0.460. The molecule has 1 amide bonds. The van der Waals surface area contributed by atoms with Crippen LogP contribution in [0.1, 0.15) is 11.1 Å². The average Bonchev–Trinajstić information content (AvgIpc) is 3.12. The van der Waals surface area contributed by atoms with Crippen molar-refractivity contribution >= 4 is 38.4 Å². The molecule has 1 N–H and O–H groups in total. The van der Waals surface area contributed by atoms with Crippen molar-refractivity contribution < 1.29 is 9.53 Å². The highest BCUT2D eigenvalue weighted by molar-refractivity contribution is 8.76. The van der Waals surface area contributed by atoms with Crippen molar-refractivity contribution in [2.24, 2.45) is 0 Å². The van der Waals surface area contributed by atoms with E-state index >= 15 is 0 Å². The Morgan fingerprint density at radius 2 is 2.12 bits per heavy atom. The molecular formula is C20H18N2O2S2. The predicted octanol–water partition coefficient (Wildman–Crippen LogP) is 4.22. The molecule has 1 unspecified atom stereocenters. The van der Waals surface area contributed by atoms with Crippen molar-refractivity contribution in [2.45, 2.75) is 24.0 Å². The van der Waals surface area contributed by atoms with Crippen molar-refractivity contribution in [1.82, 2.24) is 10.3 Å². The Morgan fingerprint density at radius 3 is 2.96 bits per heavy atom. The fourth-order valence-electron chi connectivity index (χ4n) is 3.14. The van der Waals surface area contributed by atoms with E-state index in [0.29, 0.717) is 13.0 Å². The number of benzene rings is 2. The molecule has 0 radical (unpaired) electrons. The van der Waals surface area contributed by atoms with Gasteiger partial charge >= 0.3 is 0 Å². The van der Waals surface area contributed by atoms with Gasteiger partial charge in [-0.05, 0) is 35.6 Å². The fourth-order valence-corrected chi connectivity index (χ4v) is 4.63. The second-order valence-corrected chi connectivity index (χ2v) is 8.45. The molecule has 0 fully saturated rings. The molecule has 132 valence electrons. The second-order valence-electron chi connectivity index (χ2n) is 6.01. The first-order valence-electron chi connectivity index (χ1n) is 8.36. The Bertz CT molecular complexity index is 936. The lowest BCUT2D eigenvalue weighted by Crippen LogP contribution is -2.37. The minimum Gasteiger partial charge on any atom is -0.480 e. The summed E-state index contributed by atoms with van der Waals surface area (Å²) in [6.07, 6.45) is 4.02. The molecule has 1 aliphatic rings. The molecule has 26 heavy (non-hydrogen) atoms. The van der Waals surface area contributed by atoms with Gasteiger partial charge in [-0.1, -0.05) is 51.9 Å². The quantitative estimate of drug-likeness (QED) is 0.670. The van der Waals surface area contributed by atoms with E-state index in [-0.39, 0.29) is 5.91 Å². The number of nitrogens with one attached hydrogen (secondary N) is 1. The predicted molar refractivity (Wildman–Crippen MR) is 108 cm³/mol. The van der Waals surface area contributed by atoms with Crippen LogP contribution in [0, 0.1) is 0 Å². The summed E-state index contributed by atoms with van der Waals surface area (Å²) in [5.74, 6) is 0.724. The van der Waals surface area contributed by atoms with Gasteiger partial charge in [0.25, 0.3) is 5.91 Å². The van der Waals surface area contributed by atoms with E-state index < -0.39 is 6.10 Å². The van der Waals surface area contributed by atoms with Gasteiger partial charge in [-0.2, -0.15) is 0 Å². The number of para-hydroxylation sites is 1. The van der Waals surface area contributed by atoms with Gasteiger partial charge in [-0.15, -0.1) is 0 Å². The molecule has 2 aromatic carbocycles. The van der Waals surface area contributed by atoms with Crippen LogP contribution in [0.3, 0.4) is 0 Å². The third-order valence-corrected chi connectivity index (χ3v) is 6.10. The number of hydrogen-bond donors (Lipinski definition) is 1. The van der Waals surface area contributed by atoms with Crippen molar-refractivity contribution in [2.75, 3.05) is 6.26 Å². The van der Waals surface area contributed by atoms with E-state index in [4.69, 9.17) is 4.74 Å². The van der Waals surface area contributed by atoms with Gasteiger partial charge in [-0.3, -0.25) is 9.78 Å². The van der Waals surface area contributed by atoms with Crippen molar-refractivity contribution in [3.63, 3.8) is 0 Å². The zero-order valence-corrected chi connectivity index (χ0v) is 15.9. The SMILES string of the molecule is CSSc1ccc(CNC(=O)C2Cc3ccccc3O2)c2cccnc12. The van der Waals surface area contributed by atoms with Crippen molar-refractivity contribution in [3.8, 4) is 5.75 Å². The maximum Gasteiger partial charge on any atom is 0.261 e. The molecule has 0 aliphatic carbocycles. The van der Waals surface area contributed by atoms with E-state index in [1.165, 1.54) is 0 Å². The number of carbonyl (C=O) groups is 1. The molecule has 4 nitrogen and oxygen atoms in total. The van der Waals surface area contributed by atoms with Gasteiger partial charge < -0.3 is 10.1 Å². The van der Waals surface area contributed by atoms with Crippen LogP contribution in [0.25, 0.3) is 10.9 Å². The molecule has 0 saturated carbocycles. The Kier molecular flexibility index (Phi) is 5.04. The number of hydrogen-bond acceptors (Lipinski definition) is 5. The molecule has 6 heteroatoms. The maximum absolute atomic E-state index is 12.5. The standard InChI is InChI=1S/C20H18N2O2S2/c1-25-26-18-9-8-14(15-6-4-10-21-19(15)18)12-22-20(23)17-11-13-5-2-3-7-16(13)24-17/h2-10,17H,11-12H2,1H3,(H,22,23). The first-order chi connectivity index (χ1) is 12.8. The monoisotopic (exact) mass is 382 g/mol. The van der Waals surface area contributed by atoms with Crippen molar-refractivity contribution in [3.05, 3.63) is 65.9 Å². The highest BCUT2D eigenvalue weighted by Gasteiger charge is 2.28.